The number of likely N-dealkylation sites (tertiary alicyclic amines) is 1. The first-order chi connectivity index (χ1) is 24.0. The number of methoxy groups -OCH3 is 1. The van der Waals surface area contributed by atoms with E-state index >= 15 is 0 Å². The molecule has 2 saturated carbocycles. The molecule has 2 aliphatic carbocycles. The Labute approximate surface area is 284 Å². The van der Waals surface area contributed by atoms with Crippen LogP contribution in [0.5, 0.6) is 5.75 Å². The van der Waals surface area contributed by atoms with Gasteiger partial charge in [0.1, 0.15) is 28.8 Å². The van der Waals surface area contributed by atoms with Crippen molar-refractivity contribution in [2.45, 2.75) is 63.7 Å². The van der Waals surface area contributed by atoms with Gasteiger partial charge < -0.3 is 29.4 Å². The fraction of sp³-hybridized carbons (Fsp3) is 0.459. The van der Waals surface area contributed by atoms with E-state index in [2.05, 4.69) is 42.2 Å². The van der Waals surface area contributed by atoms with Gasteiger partial charge in [0.15, 0.2) is 5.82 Å². The number of amides is 1. The van der Waals surface area contributed by atoms with Gasteiger partial charge in [-0.25, -0.2) is 19.9 Å². The molecule has 1 aromatic carbocycles. The molecule has 4 aromatic heterocycles. The molecular weight excluding hydrogens is 616 g/mol. The number of pyridine rings is 1. The van der Waals surface area contributed by atoms with Crippen molar-refractivity contribution in [1.29, 1.82) is 5.26 Å². The number of aromatic nitrogens is 6. The van der Waals surface area contributed by atoms with Crippen LogP contribution < -0.4 is 15.4 Å². The summed E-state index contributed by atoms with van der Waals surface area (Å²) in [6.45, 7) is 4.02. The first kappa shape index (κ1) is 30.1. The zero-order chi connectivity index (χ0) is 33.2. The Morgan fingerprint density at radius 3 is 2.53 bits per heavy atom. The van der Waals surface area contributed by atoms with E-state index in [4.69, 9.17) is 20.4 Å². The number of nitrogens with two attached hydrogens (primary N) is 1. The van der Waals surface area contributed by atoms with Crippen LogP contribution in [0.15, 0.2) is 48.8 Å². The molecule has 4 aliphatic rings. The third-order valence-electron chi connectivity index (χ3n) is 11.3. The second-order valence-corrected chi connectivity index (χ2v) is 14.3. The molecule has 1 amide bonds. The van der Waals surface area contributed by atoms with Crippen LogP contribution in [0.25, 0.3) is 33.6 Å². The standard InChI is InChI=1S/C37H40N10O2/c1-49-30-17-26(37(48)46-21-25-6-7-28(46)33(25)39)15-27-34(30)47(20-23-9-13-44(14-10-23)32-8-12-40-31(18-38)43-32)36(42-27)29-16-24-3-2-11-41-35(24)45(29)19-22-4-5-22/h2-3,8,11-12,15-17,22-23,25,28,33H,4-7,9-10,13-14,19-21,39H2,1H3/t25-,28-,33-/m1/s1. The second kappa shape index (κ2) is 11.8. The van der Waals surface area contributed by atoms with Crippen molar-refractivity contribution in [2.24, 2.45) is 23.5 Å². The number of hydrogen-bond acceptors (Lipinski definition) is 9. The summed E-state index contributed by atoms with van der Waals surface area (Å²) >= 11 is 0. The summed E-state index contributed by atoms with van der Waals surface area (Å²) in [5, 5.41) is 10.4. The Balaban J connectivity index is 1.11. The smallest absolute Gasteiger partial charge is 0.254 e. The van der Waals surface area contributed by atoms with Crippen molar-refractivity contribution in [3.8, 4) is 23.3 Å². The molecular formula is C37H40N10O2. The first-order valence-electron chi connectivity index (χ1n) is 17.6. The molecule has 0 spiro atoms. The van der Waals surface area contributed by atoms with Crippen LogP contribution in [0.1, 0.15) is 54.7 Å². The molecule has 49 heavy (non-hydrogen) atoms. The highest BCUT2D eigenvalue weighted by Gasteiger charge is 2.47. The van der Waals surface area contributed by atoms with Crippen molar-refractivity contribution in [2.75, 3.05) is 31.6 Å². The summed E-state index contributed by atoms with van der Waals surface area (Å²) < 4.78 is 10.7. The lowest BCUT2D eigenvalue weighted by molar-refractivity contribution is 0.0700. The van der Waals surface area contributed by atoms with Gasteiger partial charge in [-0.1, -0.05) is 0 Å². The Morgan fingerprint density at radius 2 is 1.80 bits per heavy atom. The number of carbonyl (C=O) groups excluding carboxylic acids is 1. The van der Waals surface area contributed by atoms with E-state index in [1.165, 1.54) is 12.8 Å². The van der Waals surface area contributed by atoms with E-state index in [-0.39, 0.29) is 23.8 Å². The summed E-state index contributed by atoms with van der Waals surface area (Å²) in [7, 11) is 1.68. The number of imidazole rings is 1. The minimum absolute atomic E-state index is 0.00245. The van der Waals surface area contributed by atoms with Crippen LogP contribution in [0.2, 0.25) is 0 Å². The SMILES string of the molecule is COc1cc(C(=O)N2C[C@H]3CC[C@@H]2[C@@H]3N)cc2nc(-c3cc4cccnc4n3CC3CC3)n(CC3CCN(c4ccnc(C#N)n4)CC3)c12. The summed E-state index contributed by atoms with van der Waals surface area (Å²) in [6.07, 6.45) is 9.93. The molecule has 0 unspecified atom stereocenters. The maximum Gasteiger partial charge on any atom is 0.254 e. The van der Waals surface area contributed by atoms with Gasteiger partial charge in [0, 0.05) is 68.2 Å². The molecule has 250 valence electrons. The monoisotopic (exact) mass is 656 g/mol. The zero-order valence-electron chi connectivity index (χ0n) is 27.7. The van der Waals surface area contributed by atoms with E-state index in [1.54, 1.807) is 13.3 Å². The molecule has 2 bridgehead atoms. The molecule has 0 radical (unpaired) electrons. The average molecular weight is 657 g/mol. The fourth-order valence-electron chi connectivity index (χ4n) is 8.53. The second-order valence-electron chi connectivity index (χ2n) is 14.3. The fourth-order valence-corrected chi connectivity index (χ4v) is 8.53. The Bertz CT molecular complexity index is 2120. The van der Waals surface area contributed by atoms with E-state index in [1.807, 2.05) is 35.4 Å². The van der Waals surface area contributed by atoms with Crippen LogP contribution in [-0.4, -0.2) is 78.7 Å². The van der Waals surface area contributed by atoms with E-state index in [0.29, 0.717) is 35.6 Å². The number of fused-ring (bicyclic) bond motifs is 4. The molecule has 2 saturated heterocycles. The highest BCUT2D eigenvalue weighted by Crippen LogP contribution is 2.41. The Morgan fingerprint density at radius 1 is 0.980 bits per heavy atom. The van der Waals surface area contributed by atoms with Crippen molar-refractivity contribution >= 4 is 33.8 Å². The lowest BCUT2D eigenvalue weighted by Gasteiger charge is -2.33. The van der Waals surface area contributed by atoms with Crippen LogP contribution in [0.4, 0.5) is 5.82 Å². The van der Waals surface area contributed by atoms with Gasteiger partial charge in [0.05, 0.1) is 18.3 Å². The van der Waals surface area contributed by atoms with Crippen LogP contribution >= 0.6 is 0 Å². The summed E-state index contributed by atoms with van der Waals surface area (Å²) in [5.74, 6) is 3.90. The van der Waals surface area contributed by atoms with Gasteiger partial charge in [-0.05, 0) is 92.7 Å². The van der Waals surface area contributed by atoms with Crippen molar-refractivity contribution in [3.63, 3.8) is 0 Å². The lowest BCUT2D eigenvalue weighted by atomic mass is 9.96. The number of nitrogens with zero attached hydrogens (tertiary/aromatic N) is 9. The summed E-state index contributed by atoms with van der Waals surface area (Å²) in [5.41, 5.74) is 10.8. The van der Waals surface area contributed by atoms with Gasteiger partial charge in [-0.3, -0.25) is 4.79 Å². The molecule has 12 nitrogen and oxygen atoms in total. The average Bonchev–Trinajstić information content (AvgIpc) is 3.51. The highest BCUT2D eigenvalue weighted by atomic mass is 16.5. The van der Waals surface area contributed by atoms with E-state index in [9.17, 15) is 10.1 Å². The van der Waals surface area contributed by atoms with E-state index in [0.717, 1.165) is 91.3 Å². The molecule has 3 atom stereocenters. The van der Waals surface area contributed by atoms with E-state index < -0.39 is 0 Å². The van der Waals surface area contributed by atoms with Crippen molar-refractivity contribution < 1.29 is 9.53 Å². The predicted molar refractivity (Wildman–Crippen MR) is 185 cm³/mol. The van der Waals surface area contributed by atoms with Gasteiger partial charge in [0.2, 0.25) is 5.82 Å². The largest absolute Gasteiger partial charge is 0.494 e. The number of ether oxygens (including phenoxy) is 1. The number of hydrogen-bond donors (Lipinski definition) is 1. The van der Waals surface area contributed by atoms with Crippen LogP contribution in [0.3, 0.4) is 0 Å². The number of anilines is 1. The number of rotatable bonds is 8. The van der Waals surface area contributed by atoms with Crippen molar-refractivity contribution in [3.05, 3.63) is 60.2 Å². The highest BCUT2D eigenvalue weighted by molar-refractivity contribution is 6.00. The van der Waals surface area contributed by atoms with Crippen LogP contribution in [-0.2, 0) is 13.1 Å². The van der Waals surface area contributed by atoms with Gasteiger partial charge in [0.25, 0.3) is 5.91 Å². The topological polar surface area (TPSA) is 144 Å². The van der Waals surface area contributed by atoms with Gasteiger partial charge >= 0.3 is 0 Å². The first-order valence-corrected chi connectivity index (χ1v) is 17.6. The molecule has 9 rings (SSSR count). The predicted octanol–water partition coefficient (Wildman–Crippen LogP) is 4.61. The van der Waals surface area contributed by atoms with Gasteiger partial charge in [-0.2, -0.15) is 5.26 Å². The third-order valence-corrected chi connectivity index (χ3v) is 11.3. The number of nitriles is 1. The molecule has 4 fully saturated rings. The molecule has 2 N–H and O–H groups in total. The summed E-state index contributed by atoms with van der Waals surface area (Å²) in [4.78, 5) is 36.8. The quantitative estimate of drug-likeness (QED) is 0.253. The minimum atomic E-state index is 0.00245. The molecule has 12 heteroatoms. The minimum Gasteiger partial charge on any atom is -0.494 e. The normalized spacial score (nSPS) is 22.3. The maximum atomic E-state index is 14.0. The van der Waals surface area contributed by atoms with Crippen molar-refractivity contribution in [1.82, 2.24) is 34.0 Å². The number of carbonyl (C=O) groups is 1. The third kappa shape index (κ3) is 5.19. The Hall–Kier alpha value is -5.02. The molecule has 2 aliphatic heterocycles. The van der Waals surface area contributed by atoms with Crippen LogP contribution in [0, 0.1) is 29.1 Å². The molecule has 5 aromatic rings. The Kier molecular flexibility index (Phi) is 7.27. The van der Waals surface area contributed by atoms with Gasteiger partial charge in [-0.15, -0.1) is 0 Å². The summed E-state index contributed by atoms with van der Waals surface area (Å²) in [6, 6.07) is 14.2. The number of benzene rings is 1. The zero-order valence-corrected chi connectivity index (χ0v) is 27.7. The molecule has 6 heterocycles. The number of piperidine rings is 2. The lowest BCUT2D eigenvalue weighted by Crippen LogP contribution is -2.41. The maximum absolute atomic E-state index is 14.0.